The summed E-state index contributed by atoms with van der Waals surface area (Å²) >= 11 is 1.29. The summed E-state index contributed by atoms with van der Waals surface area (Å²) in [5.74, 6) is 0.457. The van der Waals surface area contributed by atoms with Crippen molar-refractivity contribution in [3.63, 3.8) is 0 Å². The summed E-state index contributed by atoms with van der Waals surface area (Å²) in [5, 5.41) is 29.4. The maximum Gasteiger partial charge on any atom is 0.430 e. The van der Waals surface area contributed by atoms with Crippen molar-refractivity contribution in [3.8, 4) is 5.75 Å². The molecule has 0 amide bonds. The summed E-state index contributed by atoms with van der Waals surface area (Å²) in [5.41, 5.74) is -2.79. The Morgan fingerprint density at radius 3 is 2.18 bits per heavy atom. The first kappa shape index (κ1) is 26.9. The van der Waals surface area contributed by atoms with E-state index in [1.807, 2.05) is 0 Å². The molecule has 2 rings (SSSR count). The van der Waals surface area contributed by atoms with Crippen LogP contribution in [0.4, 0.5) is 26.3 Å². The molecule has 0 spiro atoms. The zero-order valence-corrected chi connectivity index (χ0v) is 18.2. The van der Waals surface area contributed by atoms with Crippen LogP contribution in [0.25, 0.3) is 5.57 Å². The highest BCUT2D eigenvalue weighted by Crippen LogP contribution is 2.44. The Bertz CT molecular complexity index is 978. The summed E-state index contributed by atoms with van der Waals surface area (Å²) in [4.78, 5) is 0.743. The van der Waals surface area contributed by atoms with Gasteiger partial charge in [0.1, 0.15) is 12.4 Å². The molecule has 0 radical (unpaired) electrons. The third-order valence-electron chi connectivity index (χ3n) is 4.80. The summed E-state index contributed by atoms with van der Waals surface area (Å²) in [6, 6.07) is 6.53. The third kappa shape index (κ3) is 6.38. The lowest BCUT2D eigenvalue weighted by molar-refractivity contribution is -0.347. The molecule has 1 aromatic heterocycles. The van der Waals surface area contributed by atoms with Gasteiger partial charge in [-0.3, -0.25) is 0 Å². The average molecular weight is 496 g/mol. The molecule has 1 heterocycles. The van der Waals surface area contributed by atoms with E-state index in [1.54, 1.807) is 36.6 Å². The van der Waals surface area contributed by atoms with Crippen LogP contribution in [0, 0.1) is 0 Å². The molecule has 0 saturated carbocycles. The van der Waals surface area contributed by atoms with Crippen LogP contribution in [0.15, 0.2) is 47.9 Å². The van der Waals surface area contributed by atoms with Gasteiger partial charge in [-0.25, -0.2) is 0 Å². The van der Waals surface area contributed by atoms with Gasteiger partial charge in [0.2, 0.25) is 0 Å². The van der Waals surface area contributed by atoms with Crippen molar-refractivity contribution in [1.82, 2.24) is 0 Å². The molecule has 3 N–H and O–H groups in total. The molecular weight excluding hydrogens is 474 g/mol. The van der Waals surface area contributed by atoms with Crippen molar-refractivity contribution in [1.29, 1.82) is 0 Å². The Hall–Kier alpha value is -2.34. The van der Waals surface area contributed by atoms with Crippen molar-refractivity contribution < 1.29 is 46.4 Å². The number of allylic oxidation sites excluding steroid dienone is 3. The van der Waals surface area contributed by atoms with Gasteiger partial charge in [0.05, 0.1) is 13.2 Å². The first-order chi connectivity index (χ1) is 15.4. The minimum absolute atomic E-state index is 0.142. The van der Waals surface area contributed by atoms with Gasteiger partial charge in [0, 0.05) is 4.88 Å². The van der Waals surface area contributed by atoms with E-state index < -0.39 is 18.0 Å². The minimum atomic E-state index is -5.92. The van der Waals surface area contributed by atoms with Crippen LogP contribution in [0.3, 0.4) is 0 Å². The largest absolute Gasteiger partial charge is 0.488 e. The average Bonchev–Trinajstić information content (AvgIpc) is 3.22. The van der Waals surface area contributed by atoms with Gasteiger partial charge in [0.25, 0.3) is 5.60 Å². The second-order valence-corrected chi connectivity index (χ2v) is 8.00. The van der Waals surface area contributed by atoms with Crippen molar-refractivity contribution in [2.45, 2.75) is 51.1 Å². The summed E-state index contributed by atoms with van der Waals surface area (Å²) in [6.07, 6.45) is -10.2. The van der Waals surface area contributed by atoms with Crippen LogP contribution in [0.2, 0.25) is 0 Å². The molecule has 0 aliphatic heterocycles. The first-order valence-electron chi connectivity index (χ1n) is 9.64. The van der Waals surface area contributed by atoms with E-state index in [9.17, 15) is 41.7 Å². The van der Waals surface area contributed by atoms with Gasteiger partial charge in [-0.05, 0) is 58.3 Å². The molecule has 0 fully saturated rings. The Morgan fingerprint density at radius 2 is 1.64 bits per heavy atom. The number of thiophene rings is 1. The maximum absolute atomic E-state index is 12.8. The number of ether oxygens (including phenoxy) is 1. The van der Waals surface area contributed by atoms with Crippen molar-refractivity contribution >= 4 is 16.9 Å². The highest BCUT2D eigenvalue weighted by molar-refractivity contribution is 7.10. The Balaban J connectivity index is 2.15. The molecule has 11 heteroatoms. The second kappa shape index (κ2) is 10.7. The zero-order valence-electron chi connectivity index (χ0n) is 17.4. The van der Waals surface area contributed by atoms with E-state index in [1.165, 1.54) is 11.3 Å². The summed E-state index contributed by atoms with van der Waals surface area (Å²) < 4.78 is 82.3. The molecule has 33 heavy (non-hydrogen) atoms. The van der Waals surface area contributed by atoms with Crippen LogP contribution in [-0.2, 0) is 19.8 Å². The SMILES string of the molecule is CC/C(=C/C=C/C(O)(C(F)(F)F)C(F)(F)F)c1csc(COc2ccc(CO)c(CO)c2)c1. The lowest BCUT2D eigenvalue weighted by Crippen LogP contribution is -2.55. The highest BCUT2D eigenvalue weighted by Gasteiger charge is 2.68. The Kier molecular flexibility index (Phi) is 8.75. The van der Waals surface area contributed by atoms with E-state index in [4.69, 9.17) is 4.74 Å². The molecule has 0 saturated heterocycles. The molecule has 1 aromatic carbocycles. The molecule has 0 atom stereocenters. The zero-order chi connectivity index (χ0) is 24.9. The van der Waals surface area contributed by atoms with Gasteiger partial charge in [-0.2, -0.15) is 26.3 Å². The smallest absolute Gasteiger partial charge is 0.430 e. The molecule has 0 aliphatic carbocycles. The fraction of sp³-hybridized carbons (Fsp3) is 0.364. The van der Waals surface area contributed by atoms with Gasteiger partial charge < -0.3 is 20.1 Å². The lowest BCUT2D eigenvalue weighted by Gasteiger charge is -2.29. The minimum Gasteiger partial charge on any atom is -0.488 e. The molecule has 0 bridgehead atoms. The number of hydrogen-bond acceptors (Lipinski definition) is 5. The lowest BCUT2D eigenvalue weighted by atomic mass is 10.0. The Labute approximate surface area is 190 Å². The predicted molar refractivity (Wildman–Crippen MR) is 111 cm³/mol. The van der Waals surface area contributed by atoms with E-state index in [-0.39, 0.29) is 25.9 Å². The summed E-state index contributed by atoms with van der Waals surface area (Å²) in [7, 11) is 0. The Morgan fingerprint density at radius 1 is 1.00 bits per heavy atom. The highest BCUT2D eigenvalue weighted by atomic mass is 32.1. The number of hydrogen-bond donors (Lipinski definition) is 3. The van der Waals surface area contributed by atoms with E-state index in [2.05, 4.69) is 0 Å². The van der Waals surface area contributed by atoms with Crippen molar-refractivity contribution in [2.75, 3.05) is 0 Å². The molecular formula is C22H22F6O4S. The van der Waals surface area contributed by atoms with Gasteiger partial charge in [0.15, 0.2) is 0 Å². The molecule has 0 unspecified atom stereocenters. The molecule has 182 valence electrons. The third-order valence-corrected chi connectivity index (χ3v) is 5.71. The van der Waals surface area contributed by atoms with Crippen LogP contribution in [0.1, 0.15) is 34.9 Å². The summed E-state index contributed by atoms with van der Waals surface area (Å²) in [6.45, 7) is 1.33. The number of halogens is 6. The topological polar surface area (TPSA) is 69.9 Å². The second-order valence-electron chi connectivity index (χ2n) is 7.00. The number of benzene rings is 1. The van der Waals surface area contributed by atoms with Crippen molar-refractivity contribution in [3.05, 3.63) is 69.4 Å². The van der Waals surface area contributed by atoms with E-state index in [0.29, 0.717) is 40.5 Å². The van der Waals surface area contributed by atoms with Crippen LogP contribution >= 0.6 is 11.3 Å². The first-order valence-corrected chi connectivity index (χ1v) is 10.5. The van der Waals surface area contributed by atoms with E-state index in [0.717, 1.165) is 11.0 Å². The molecule has 4 nitrogen and oxygen atoms in total. The maximum atomic E-state index is 12.8. The fourth-order valence-electron chi connectivity index (χ4n) is 2.84. The molecule has 2 aromatic rings. The number of alkyl halides is 6. The van der Waals surface area contributed by atoms with Crippen LogP contribution < -0.4 is 4.74 Å². The molecule has 0 aliphatic rings. The number of aliphatic hydroxyl groups excluding tert-OH is 2. The van der Waals surface area contributed by atoms with E-state index >= 15 is 0 Å². The van der Waals surface area contributed by atoms with Gasteiger partial charge in [-0.15, -0.1) is 11.3 Å². The monoisotopic (exact) mass is 496 g/mol. The van der Waals surface area contributed by atoms with Gasteiger partial charge in [-0.1, -0.05) is 25.1 Å². The quantitative estimate of drug-likeness (QED) is 0.316. The number of rotatable bonds is 9. The van der Waals surface area contributed by atoms with Crippen LogP contribution in [0.5, 0.6) is 5.75 Å². The predicted octanol–water partition coefficient (Wildman–Crippen LogP) is 5.52. The fourth-order valence-corrected chi connectivity index (χ4v) is 3.66. The van der Waals surface area contributed by atoms with Crippen LogP contribution in [-0.4, -0.2) is 33.3 Å². The van der Waals surface area contributed by atoms with Crippen molar-refractivity contribution in [2.24, 2.45) is 0 Å². The standard InChI is InChI=1S/C22H22F6O4S/c1-2-14(4-3-7-20(31,21(23,24)25)22(26,27)28)17-9-19(33-13-17)12-32-18-6-5-15(10-29)16(8-18)11-30/h3-9,13,29-31H,2,10-12H2,1H3/b7-3+,14-4-. The normalized spacial score (nSPS) is 13.7. The van der Waals surface area contributed by atoms with Gasteiger partial charge >= 0.3 is 12.4 Å². The number of aliphatic hydroxyl groups is 3.